The first-order valence-corrected chi connectivity index (χ1v) is 16.5. The molecule has 50 heavy (non-hydrogen) atoms. The van der Waals surface area contributed by atoms with Crippen LogP contribution in [0.25, 0.3) is 94.7 Å². The third-order valence-corrected chi connectivity index (χ3v) is 9.37. The molecule has 0 saturated carbocycles. The second-order valence-electron chi connectivity index (χ2n) is 12.3. The fourth-order valence-electron chi connectivity index (χ4n) is 7.00. The average molecular weight is 642 g/mol. The number of para-hydroxylation sites is 2. The molecule has 0 N–H and O–H groups in total. The van der Waals surface area contributed by atoms with Crippen LogP contribution in [0.1, 0.15) is 0 Å². The first kappa shape index (κ1) is 28.1. The molecule has 0 fully saturated rings. The number of pyridine rings is 1. The van der Waals surface area contributed by atoms with Gasteiger partial charge in [0.2, 0.25) is 0 Å². The second kappa shape index (κ2) is 11.4. The van der Waals surface area contributed by atoms with E-state index in [0.29, 0.717) is 17.5 Å². The van der Waals surface area contributed by atoms with E-state index in [1.807, 2.05) is 97.3 Å². The van der Waals surface area contributed by atoms with Crippen molar-refractivity contribution in [3.63, 3.8) is 0 Å². The zero-order valence-electron chi connectivity index (χ0n) is 26.7. The summed E-state index contributed by atoms with van der Waals surface area (Å²) in [6.45, 7) is 0. The molecule has 0 aliphatic heterocycles. The summed E-state index contributed by atoms with van der Waals surface area (Å²) >= 11 is 0. The summed E-state index contributed by atoms with van der Waals surface area (Å²) in [6, 6.07) is 52.0. The van der Waals surface area contributed by atoms with Crippen LogP contribution in [0.4, 0.5) is 0 Å². The van der Waals surface area contributed by atoms with E-state index < -0.39 is 0 Å². The molecule has 10 rings (SSSR count). The van der Waals surface area contributed by atoms with Gasteiger partial charge in [-0.2, -0.15) is 0 Å². The highest BCUT2D eigenvalue weighted by molar-refractivity contribution is 6.11. The van der Waals surface area contributed by atoms with E-state index in [-0.39, 0.29) is 0 Å². The molecule has 0 unspecified atom stereocenters. The molecule has 4 aromatic heterocycles. The van der Waals surface area contributed by atoms with Crippen molar-refractivity contribution in [3.05, 3.63) is 164 Å². The van der Waals surface area contributed by atoms with E-state index in [2.05, 4.69) is 76.3 Å². The Kier molecular flexibility index (Phi) is 6.39. The monoisotopic (exact) mass is 641 g/mol. The predicted molar refractivity (Wildman–Crippen MR) is 201 cm³/mol. The minimum atomic E-state index is 0.554. The van der Waals surface area contributed by atoms with Crippen LogP contribution in [0.3, 0.4) is 0 Å². The molecule has 0 radical (unpaired) electrons. The molecular formula is C44H27N5O. The van der Waals surface area contributed by atoms with Gasteiger partial charge in [-0.1, -0.05) is 115 Å². The molecule has 0 amide bonds. The van der Waals surface area contributed by atoms with Gasteiger partial charge in [0.05, 0.1) is 22.3 Å². The minimum absolute atomic E-state index is 0.554. The number of nitrogens with zero attached hydrogens (tertiary/aromatic N) is 5. The van der Waals surface area contributed by atoms with Crippen LogP contribution in [-0.2, 0) is 0 Å². The maximum Gasteiger partial charge on any atom is 0.167 e. The highest BCUT2D eigenvalue weighted by Gasteiger charge is 2.20. The Morgan fingerprint density at radius 1 is 0.420 bits per heavy atom. The number of benzene rings is 6. The third kappa shape index (κ3) is 4.58. The normalized spacial score (nSPS) is 11.6. The van der Waals surface area contributed by atoms with Crippen molar-refractivity contribution in [2.45, 2.75) is 0 Å². The molecular weight excluding hydrogens is 615 g/mol. The summed E-state index contributed by atoms with van der Waals surface area (Å²) in [5, 5.41) is 4.56. The first-order chi connectivity index (χ1) is 24.8. The molecule has 234 valence electrons. The van der Waals surface area contributed by atoms with Crippen molar-refractivity contribution in [1.29, 1.82) is 0 Å². The van der Waals surface area contributed by atoms with Crippen LogP contribution < -0.4 is 0 Å². The lowest BCUT2D eigenvalue weighted by molar-refractivity contribution is 0.669. The van der Waals surface area contributed by atoms with Crippen LogP contribution in [0.2, 0.25) is 0 Å². The van der Waals surface area contributed by atoms with E-state index in [1.165, 1.54) is 0 Å². The van der Waals surface area contributed by atoms with Crippen molar-refractivity contribution in [2.24, 2.45) is 0 Å². The van der Waals surface area contributed by atoms with Crippen molar-refractivity contribution in [1.82, 2.24) is 24.5 Å². The topological polar surface area (TPSA) is 69.6 Å². The summed E-state index contributed by atoms with van der Waals surface area (Å²) in [5.74, 6) is 1.77. The minimum Gasteiger partial charge on any atom is -0.456 e. The Labute approximate surface area is 287 Å². The van der Waals surface area contributed by atoms with Crippen LogP contribution in [-0.4, -0.2) is 24.5 Å². The number of hydrogen-bond acceptors (Lipinski definition) is 5. The van der Waals surface area contributed by atoms with E-state index in [4.69, 9.17) is 19.4 Å². The van der Waals surface area contributed by atoms with E-state index in [9.17, 15) is 0 Å². The van der Waals surface area contributed by atoms with Gasteiger partial charge in [0.15, 0.2) is 17.5 Å². The fraction of sp³-hybridized carbons (Fsp3) is 0. The number of aromatic nitrogens is 5. The largest absolute Gasteiger partial charge is 0.456 e. The molecule has 4 heterocycles. The Bertz CT molecular complexity index is 2820. The first-order valence-electron chi connectivity index (χ1n) is 16.5. The quantitative estimate of drug-likeness (QED) is 0.187. The van der Waals surface area contributed by atoms with Crippen molar-refractivity contribution >= 4 is 43.7 Å². The van der Waals surface area contributed by atoms with Gasteiger partial charge in [-0.15, -0.1) is 0 Å². The summed E-state index contributed by atoms with van der Waals surface area (Å²) in [4.78, 5) is 19.6. The molecule has 0 saturated heterocycles. The van der Waals surface area contributed by atoms with Crippen LogP contribution in [0.15, 0.2) is 168 Å². The molecule has 0 aliphatic carbocycles. The van der Waals surface area contributed by atoms with Gasteiger partial charge in [-0.3, -0.25) is 4.98 Å². The SMILES string of the molecule is c1ccc(-c2nc(-c3ccccc3)nc(-c3cnccc3-n3c4ccccc4c4ccc(-c5ccc6c(c5)oc5ccccc56)cc43)n2)cc1. The number of furan rings is 1. The average Bonchev–Trinajstić information content (AvgIpc) is 3.73. The molecule has 0 atom stereocenters. The van der Waals surface area contributed by atoms with Crippen LogP contribution >= 0.6 is 0 Å². The summed E-state index contributed by atoms with van der Waals surface area (Å²) in [5.41, 5.74) is 9.68. The van der Waals surface area contributed by atoms with Gasteiger partial charge in [-0.05, 0) is 47.5 Å². The third-order valence-electron chi connectivity index (χ3n) is 9.37. The van der Waals surface area contributed by atoms with Gasteiger partial charge >= 0.3 is 0 Å². The van der Waals surface area contributed by atoms with E-state index >= 15 is 0 Å². The number of hydrogen-bond donors (Lipinski definition) is 0. The van der Waals surface area contributed by atoms with Gasteiger partial charge in [0, 0.05) is 45.1 Å². The van der Waals surface area contributed by atoms with Crippen LogP contribution in [0.5, 0.6) is 0 Å². The zero-order valence-corrected chi connectivity index (χ0v) is 26.7. The predicted octanol–water partition coefficient (Wildman–Crippen LogP) is 10.9. The van der Waals surface area contributed by atoms with Gasteiger partial charge < -0.3 is 8.98 Å². The highest BCUT2D eigenvalue weighted by Crippen LogP contribution is 2.39. The summed E-state index contributed by atoms with van der Waals surface area (Å²) < 4.78 is 8.56. The number of rotatable bonds is 5. The van der Waals surface area contributed by atoms with Crippen molar-refractivity contribution in [2.75, 3.05) is 0 Å². The molecule has 6 nitrogen and oxygen atoms in total. The standard InChI is InChI=1S/C44H27N5O/c1-3-11-28(12-4-1)42-46-43(29-13-5-2-6-14-29)48-44(47-42)36-27-45-24-23-38(36)49-37-17-9-7-15-32(37)33-21-19-30(25-39(33)49)31-20-22-35-34-16-8-10-18-40(34)50-41(35)26-31/h1-27H. The summed E-state index contributed by atoms with van der Waals surface area (Å²) in [6.07, 6.45) is 3.68. The van der Waals surface area contributed by atoms with Crippen molar-refractivity contribution < 1.29 is 4.42 Å². The molecule has 0 aliphatic rings. The van der Waals surface area contributed by atoms with Crippen molar-refractivity contribution in [3.8, 4) is 51.0 Å². The fourth-order valence-corrected chi connectivity index (χ4v) is 7.00. The lowest BCUT2D eigenvalue weighted by Crippen LogP contribution is -2.04. The Morgan fingerprint density at radius 2 is 1.00 bits per heavy atom. The maximum absolute atomic E-state index is 6.26. The molecule has 0 bridgehead atoms. The van der Waals surface area contributed by atoms with E-state index in [1.54, 1.807) is 0 Å². The molecule has 6 heteroatoms. The van der Waals surface area contributed by atoms with E-state index in [0.717, 1.165) is 77.2 Å². The van der Waals surface area contributed by atoms with Gasteiger partial charge in [0.25, 0.3) is 0 Å². The number of fused-ring (bicyclic) bond motifs is 6. The van der Waals surface area contributed by atoms with Gasteiger partial charge in [-0.25, -0.2) is 15.0 Å². The maximum atomic E-state index is 6.26. The molecule has 6 aromatic carbocycles. The Balaban J connectivity index is 1.20. The van der Waals surface area contributed by atoms with Gasteiger partial charge in [0.1, 0.15) is 11.2 Å². The Hall–Kier alpha value is -6.92. The Morgan fingerprint density at radius 3 is 1.76 bits per heavy atom. The molecule has 0 spiro atoms. The lowest BCUT2D eigenvalue weighted by atomic mass is 10.0. The highest BCUT2D eigenvalue weighted by atomic mass is 16.3. The molecule has 10 aromatic rings. The summed E-state index contributed by atoms with van der Waals surface area (Å²) in [7, 11) is 0. The smallest absolute Gasteiger partial charge is 0.167 e. The lowest BCUT2D eigenvalue weighted by Gasteiger charge is -2.14. The second-order valence-corrected chi connectivity index (χ2v) is 12.3. The zero-order chi connectivity index (χ0) is 33.0. The van der Waals surface area contributed by atoms with Crippen LogP contribution in [0, 0.1) is 0 Å².